The van der Waals surface area contributed by atoms with Crippen LogP contribution in [0.5, 0.6) is 5.75 Å². The second-order valence-corrected chi connectivity index (χ2v) is 8.27. The SMILES string of the molecule is COc1ccc(/C=C/C(=O)C2=C(c3ccccc3Cl)C3C=C(Br)C=CC3=NC2=O)cc1. The average Bonchev–Trinajstić information content (AvgIpc) is 2.78. The number of hydrogen-bond acceptors (Lipinski definition) is 3. The number of hydrogen-bond donors (Lipinski definition) is 0. The Kier molecular flexibility index (Phi) is 6.16. The summed E-state index contributed by atoms with van der Waals surface area (Å²) in [5, 5.41) is 0.468. The highest BCUT2D eigenvalue weighted by atomic mass is 79.9. The highest BCUT2D eigenvalue weighted by Crippen LogP contribution is 2.40. The zero-order valence-electron chi connectivity index (χ0n) is 16.5. The fourth-order valence-corrected chi connectivity index (χ4v) is 4.17. The van der Waals surface area contributed by atoms with Gasteiger partial charge in [0.15, 0.2) is 5.78 Å². The molecule has 154 valence electrons. The van der Waals surface area contributed by atoms with E-state index in [4.69, 9.17) is 16.3 Å². The molecular formula is C25H17BrClNO3. The molecule has 0 spiro atoms. The quantitative estimate of drug-likeness (QED) is 0.388. The van der Waals surface area contributed by atoms with Crippen LogP contribution in [0.25, 0.3) is 11.6 Å². The molecule has 1 atom stereocenters. The second-order valence-electron chi connectivity index (χ2n) is 6.94. The van der Waals surface area contributed by atoms with E-state index in [-0.39, 0.29) is 11.5 Å². The van der Waals surface area contributed by atoms with E-state index in [0.29, 0.717) is 21.9 Å². The molecular weight excluding hydrogens is 478 g/mol. The maximum Gasteiger partial charge on any atom is 0.281 e. The van der Waals surface area contributed by atoms with E-state index in [1.807, 2.05) is 42.5 Å². The third-order valence-corrected chi connectivity index (χ3v) is 5.89. The molecule has 0 saturated carbocycles. The Morgan fingerprint density at radius 2 is 1.87 bits per heavy atom. The van der Waals surface area contributed by atoms with Crippen LogP contribution >= 0.6 is 27.5 Å². The molecule has 0 aromatic heterocycles. The third-order valence-electron chi connectivity index (χ3n) is 5.04. The van der Waals surface area contributed by atoms with Crippen molar-refractivity contribution in [1.29, 1.82) is 0 Å². The van der Waals surface area contributed by atoms with Crippen LogP contribution in [0.1, 0.15) is 11.1 Å². The zero-order chi connectivity index (χ0) is 22.0. The molecule has 1 unspecified atom stereocenters. The van der Waals surface area contributed by atoms with Crippen LogP contribution in [-0.2, 0) is 9.59 Å². The number of ketones is 1. The minimum Gasteiger partial charge on any atom is -0.497 e. The smallest absolute Gasteiger partial charge is 0.281 e. The molecule has 1 heterocycles. The largest absolute Gasteiger partial charge is 0.497 e. The van der Waals surface area contributed by atoms with Gasteiger partial charge in [-0.05, 0) is 53.1 Å². The number of benzene rings is 2. The van der Waals surface area contributed by atoms with Crippen LogP contribution in [0, 0.1) is 5.92 Å². The number of amides is 1. The molecule has 0 N–H and O–H groups in total. The van der Waals surface area contributed by atoms with Gasteiger partial charge in [0.1, 0.15) is 5.75 Å². The third kappa shape index (κ3) is 4.38. The van der Waals surface area contributed by atoms with Crippen LogP contribution in [0.3, 0.4) is 0 Å². The lowest BCUT2D eigenvalue weighted by atomic mass is 9.79. The van der Waals surface area contributed by atoms with Crippen molar-refractivity contribution < 1.29 is 14.3 Å². The molecule has 0 radical (unpaired) electrons. The number of nitrogens with zero attached hydrogens (tertiary/aromatic N) is 1. The maximum atomic E-state index is 13.2. The summed E-state index contributed by atoms with van der Waals surface area (Å²) in [7, 11) is 1.59. The predicted molar refractivity (Wildman–Crippen MR) is 127 cm³/mol. The van der Waals surface area contributed by atoms with E-state index in [9.17, 15) is 9.59 Å². The number of methoxy groups -OCH3 is 1. The summed E-state index contributed by atoms with van der Waals surface area (Å²) in [6, 6.07) is 14.5. The van der Waals surface area contributed by atoms with Crippen molar-refractivity contribution in [3.05, 3.63) is 99.0 Å². The van der Waals surface area contributed by atoms with Gasteiger partial charge in [-0.25, -0.2) is 4.99 Å². The number of carbonyl (C=O) groups excluding carboxylic acids is 2. The van der Waals surface area contributed by atoms with Gasteiger partial charge in [0.2, 0.25) is 0 Å². The summed E-state index contributed by atoms with van der Waals surface area (Å²) in [5.41, 5.74) is 2.62. The van der Waals surface area contributed by atoms with Crippen LogP contribution < -0.4 is 4.74 Å². The van der Waals surface area contributed by atoms with Gasteiger partial charge in [-0.3, -0.25) is 9.59 Å². The van der Waals surface area contributed by atoms with E-state index in [1.165, 1.54) is 6.08 Å². The number of fused-ring (bicyclic) bond motifs is 1. The number of rotatable bonds is 5. The molecule has 2 aromatic rings. The number of dihydropyridines is 1. The fourth-order valence-electron chi connectivity index (χ4n) is 3.54. The van der Waals surface area contributed by atoms with E-state index < -0.39 is 11.7 Å². The Bertz CT molecular complexity index is 1220. The van der Waals surface area contributed by atoms with Crippen molar-refractivity contribution in [3.63, 3.8) is 0 Å². The molecule has 1 amide bonds. The molecule has 4 rings (SSSR count). The number of halogens is 2. The Morgan fingerprint density at radius 1 is 1.13 bits per heavy atom. The minimum atomic E-state index is -0.568. The highest BCUT2D eigenvalue weighted by molar-refractivity contribution is 9.11. The zero-order valence-corrected chi connectivity index (χ0v) is 18.9. The molecule has 1 aliphatic heterocycles. The monoisotopic (exact) mass is 493 g/mol. The Hall–Kier alpha value is -3.02. The summed E-state index contributed by atoms with van der Waals surface area (Å²) in [4.78, 5) is 30.3. The Morgan fingerprint density at radius 3 is 2.58 bits per heavy atom. The first kappa shape index (κ1) is 21.2. The average molecular weight is 495 g/mol. The molecule has 4 nitrogen and oxygen atoms in total. The van der Waals surface area contributed by atoms with Crippen molar-refractivity contribution in [1.82, 2.24) is 0 Å². The lowest BCUT2D eigenvalue weighted by Gasteiger charge is -2.27. The Labute approximate surface area is 193 Å². The lowest BCUT2D eigenvalue weighted by Crippen LogP contribution is -2.27. The van der Waals surface area contributed by atoms with Crippen molar-refractivity contribution >= 4 is 56.6 Å². The van der Waals surface area contributed by atoms with Gasteiger partial charge in [-0.2, -0.15) is 0 Å². The van der Waals surface area contributed by atoms with Crippen molar-refractivity contribution in [2.45, 2.75) is 0 Å². The summed E-state index contributed by atoms with van der Waals surface area (Å²) in [6.45, 7) is 0. The van der Waals surface area contributed by atoms with Gasteiger partial charge < -0.3 is 4.74 Å². The summed E-state index contributed by atoms with van der Waals surface area (Å²) < 4.78 is 6.00. The first-order chi connectivity index (χ1) is 15.0. The second kappa shape index (κ2) is 9.00. The van der Waals surface area contributed by atoms with Crippen molar-refractivity contribution in [2.24, 2.45) is 10.9 Å². The molecule has 6 heteroatoms. The summed E-state index contributed by atoms with van der Waals surface area (Å²) >= 11 is 9.95. The number of aliphatic imine (C=N–C) groups is 1. The van der Waals surface area contributed by atoms with Gasteiger partial charge in [0.05, 0.1) is 18.4 Å². The van der Waals surface area contributed by atoms with Gasteiger partial charge in [0, 0.05) is 15.4 Å². The minimum absolute atomic E-state index is 0.0264. The van der Waals surface area contributed by atoms with E-state index in [2.05, 4.69) is 20.9 Å². The normalized spacial score (nSPS) is 18.0. The maximum absolute atomic E-state index is 13.2. The summed E-state index contributed by atoms with van der Waals surface area (Å²) in [6.07, 6.45) is 8.58. The molecule has 2 aliphatic rings. The van der Waals surface area contributed by atoms with E-state index in [1.54, 1.807) is 37.5 Å². The van der Waals surface area contributed by atoms with Crippen molar-refractivity contribution in [3.8, 4) is 5.75 Å². The lowest BCUT2D eigenvalue weighted by molar-refractivity contribution is -0.118. The van der Waals surface area contributed by atoms with Gasteiger partial charge in [-0.15, -0.1) is 0 Å². The highest BCUT2D eigenvalue weighted by Gasteiger charge is 2.35. The van der Waals surface area contributed by atoms with E-state index in [0.717, 1.165) is 15.8 Å². The predicted octanol–water partition coefficient (Wildman–Crippen LogP) is 5.83. The van der Waals surface area contributed by atoms with Crippen LogP contribution in [-0.4, -0.2) is 24.5 Å². The molecule has 0 fully saturated rings. The number of ether oxygens (including phenoxy) is 1. The summed E-state index contributed by atoms with van der Waals surface area (Å²) in [5.74, 6) is -0.621. The fraction of sp³-hybridized carbons (Fsp3) is 0.0800. The molecule has 0 bridgehead atoms. The topological polar surface area (TPSA) is 55.7 Å². The molecule has 31 heavy (non-hydrogen) atoms. The van der Waals surface area contributed by atoms with Crippen LogP contribution in [0.2, 0.25) is 5.02 Å². The first-order valence-electron chi connectivity index (χ1n) is 9.52. The van der Waals surface area contributed by atoms with Crippen molar-refractivity contribution in [2.75, 3.05) is 7.11 Å². The van der Waals surface area contributed by atoms with Crippen LogP contribution in [0.15, 0.2) is 87.9 Å². The van der Waals surface area contributed by atoms with Gasteiger partial charge >= 0.3 is 0 Å². The van der Waals surface area contributed by atoms with Gasteiger partial charge in [-0.1, -0.05) is 70.0 Å². The molecule has 2 aromatic carbocycles. The Balaban J connectivity index is 1.80. The van der Waals surface area contributed by atoms with E-state index >= 15 is 0 Å². The van der Waals surface area contributed by atoms with Gasteiger partial charge in [0.25, 0.3) is 5.91 Å². The standard InChI is InChI=1S/C25H17BrClNO3/c1-31-17-10-6-15(7-11-17)8-13-22(29)24-23(18-4-2-3-5-20(18)27)19-14-16(26)9-12-21(19)28-25(24)30/h2-14,19H,1H3/b13-8+. The number of allylic oxidation sites excluding steroid dienone is 6. The molecule has 1 aliphatic carbocycles. The number of carbonyl (C=O) groups is 2. The van der Waals surface area contributed by atoms with Crippen LogP contribution in [0.4, 0.5) is 0 Å². The first-order valence-corrected chi connectivity index (χ1v) is 10.7. The molecule has 0 saturated heterocycles.